The predicted octanol–water partition coefficient (Wildman–Crippen LogP) is 1.59. The lowest BCUT2D eigenvalue weighted by molar-refractivity contribution is 0.0813. The second-order valence-corrected chi connectivity index (χ2v) is 5.46. The summed E-state index contributed by atoms with van der Waals surface area (Å²) in [6.07, 6.45) is 2.01. The third-order valence-corrected chi connectivity index (χ3v) is 4.12. The number of nitrogens with two attached hydrogens (primary N) is 1. The molecule has 0 aliphatic heterocycles. The van der Waals surface area contributed by atoms with Crippen LogP contribution in [0.3, 0.4) is 0 Å². The Labute approximate surface area is 130 Å². The molecule has 0 saturated carbocycles. The second kappa shape index (κ2) is 10.1. The standard InChI is InChI=1S/C13H23N3O2S.ClH/c1-3-9(4-2)11(17)7-15-13(18)10-8-19-12(16-10)5-6-14;/h8-9,11,17H,3-7,14H2,1-2H3,(H,15,18);1H. The average molecular weight is 322 g/mol. The van der Waals surface area contributed by atoms with Crippen LogP contribution in [0, 0.1) is 5.92 Å². The molecule has 0 radical (unpaired) electrons. The number of aromatic nitrogens is 1. The van der Waals surface area contributed by atoms with Crippen molar-refractivity contribution in [2.45, 2.75) is 39.2 Å². The lowest BCUT2D eigenvalue weighted by Crippen LogP contribution is -2.36. The van der Waals surface area contributed by atoms with E-state index in [0.717, 1.165) is 17.8 Å². The van der Waals surface area contributed by atoms with Crippen molar-refractivity contribution in [3.63, 3.8) is 0 Å². The van der Waals surface area contributed by atoms with Crippen LogP contribution in [0.1, 0.15) is 42.2 Å². The zero-order chi connectivity index (χ0) is 14.3. The van der Waals surface area contributed by atoms with Crippen molar-refractivity contribution in [2.75, 3.05) is 13.1 Å². The van der Waals surface area contributed by atoms with Gasteiger partial charge in [0.2, 0.25) is 0 Å². The first-order valence-electron chi connectivity index (χ1n) is 6.73. The van der Waals surface area contributed by atoms with Gasteiger partial charge in [-0.2, -0.15) is 0 Å². The minimum atomic E-state index is -0.499. The van der Waals surface area contributed by atoms with Gasteiger partial charge in [-0.1, -0.05) is 26.7 Å². The zero-order valence-electron chi connectivity index (χ0n) is 12.0. The van der Waals surface area contributed by atoms with Gasteiger partial charge in [-0.25, -0.2) is 4.98 Å². The highest BCUT2D eigenvalue weighted by Gasteiger charge is 2.17. The largest absolute Gasteiger partial charge is 0.391 e. The molecule has 7 heteroatoms. The predicted molar refractivity (Wildman–Crippen MR) is 84.5 cm³/mol. The number of nitrogens with one attached hydrogen (secondary N) is 1. The number of halogens is 1. The maximum Gasteiger partial charge on any atom is 0.270 e. The zero-order valence-corrected chi connectivity index (χ0v) is 13.6. The van der Waals surface area contributed by atoms with Gasteiger partial charge in [0.15, 0.2) is 0 Å². The Balaban J connectivity index is 0.00000361. The molecule has 1 aromatic heterocycles. The van der Waals surface area contributed by atoms with Crippen LogP contribution in [0.25, 0.3) is 0 Å². The number of aliphatic hydroxyl groups excluding tert-OH is 1. The molecule has 1 amide bonds. The highest BCUT2D eigenvalue weighted by molar-refractivity contribution is 7.09. The maximum atomic E-state index is 11.9. The Morgan fingerprint density at radius 3 is 2.70 bits per heavy atom. The first-order valence-corrected chi connectivity index (χ1v) is 7.61. The lowest BCUT2D eigenvalue weighted by atomic mass is 9.96. The van der Waals surface area contributed by atoms with Crippen LogP contribution in [0.15, 0.2) is 5.38 Å². The number of carbonyl (C=O) groups excluding carboxylic acids is 1. The van der Waals surface area contributed by atoms with Crippen molar-refractivity contribution in [3.8, 4) is 0 Å². The fourth-order valence-electron chi connectivity index (χ4n) is 1.94. The van der Waals surface area contributed by atoms with E-state index in [9.17, 15) is 9.90 Å². The Hall–Kier alpha value is -0.690. The molecule has 0 aliphatic rings. The van der Waals surface area contributed by atoms with Gasteiger partial charge in [0.25, 0.3) is 5.91 Å². The number of hydrogen-bond acceptors (Lipinski definition) is 5. The molecule has 116 valence electrons. The van der Waals surface area contributed by atoms with Crippen LogP contribution < -0.4 is 11.1 Å². The number of aliphatic hydroxyl groups is 1. The van der Waals surface area contributed by atoms with Crippen LogP contribution >= 0.6 is 23.7 Å². The first kappa shape index (κ1) is 19.3. The smallest absolute Gasteiger partial charge is 0.270 e. The van der Waals surface area contributed by atoms with Gasteiger partial charge in [-0.3, -0.25) is 4.79 Å². The number of carbonyl (C=O) groups is 1. The Kier molecular flexibility index (Phi) is 9.75. The molecule has 1 aromatic rings. The lowest BCUT2D eigenvalue weighted by Gasteiger charge is -2.20. The molecule has 5 nitrogen and oxygen atoms in total. The van der Waals surface area contributed by atoms with Crippen LogP contribution in [-0.4, -0.2) is 35.2 Å². The van der Waals surface area contributed by atoms with Crippen molar-refractivity contribution in [1.29, 1.82) is 0 Å². The van der Waals surface area contributed by atoms with E-state index in [2.05, 4.69) is 10.3 Å². The number of nitrogens with zero attached hydrogens (tertiary/aromatic N) is 1. The van der Waals surface area contributed by atoms with E-state index < -0.39 is 6.10 Å². The maximum absolute atomic E-state index is 11.9. The summed E-state index contributed by atoms with van der Waals surface area (Å²) in [7, 11) is 0. The fourth-order valence-corrected chi connectivity index (χ4v) is 2.73. The van der Waals surface area contributed by atoms with E-state index in [1.807, 2.05) is 13.8 Å². The van der Waals surface area contributed by atoms with E-state index in [1.165, 1.54) is 11.3 Å². The average Bonchev–Trinajstić information content (AvgIpc) is 2.86. The molecular weight excluding hydrogens is 298 g/mol. The summed E-state index contributed by atoms with van der Waals surface area (Å²) in [6, 6.07) is 0. The minimum Gasteiger partial charge on any atom is -0.391 e. The summed E-state index contributed by atoms with van der Waals surface area (Å²) in [5.74, 6) is -0.00642. The number of rotatable bonds is 8. The van der Waals surface area contributed by atoms with Crippen LogP contribution in [0.5, 0.6) is 0 Å². The number of thiazole rings is 1. The molecule has 1 atom stereocenters. The molecule has 0 fully saturated rings. The van der Waals surface area contributed by atoms with Gasteiger partial charge in [0.1, 0.15) is 5.69 Å². The summed E-state index contributed by atoms with van der Waals surface area (Å²) in [5.41, 5.74) is 5.85. The van der Waals surface area contributed by atoms with Crippen LogP contribution in [-0.2, 0) is 6.42 Å². The monoisotopic (exact) mass is 321 g/mol. The molecule has 1 rings (SSSR count). The highest BCUT2D eigenvalue weighted by Crippen LogP contribution is 2.13. The van der Waals surface area contributed by atoms with E-state index in [1.54, 1.807) is 5.38 Å². The number of hydrogen-bond donors (Lipinski definition) is 3. The van der Waals surface area contributed by atoms with Crippen LogP contribution in [0.2, 0.25) is 0 Å². The van der Waals surface area contributed by atoms with Gasteiger partial charge in [0, 0.05) is 18.3 Å². The molecule has 0 aliphatic carbocycles. The van der Waals surface area contributed by atoms with E-state index in [-0.39, 0.29) is 30.8 Å². The molecule has 1 unspecified atom stereocenters. The van der Waals surface area contributed by atoms with Gasteiger partial charge in [-0.05, 0) is 12.5 Å². The summed E-state index contributed by atoms with van der Waals surface area (Å²) in [4.78, 5) is 16.1. The van der Waals surface area contributed by atoms with Crippen molar-refractivity contribution in [2.24, 2.45) is 11.7 Å². The third kappa shape index (κ3) is 5.75. The third-order valence-electron chi connectivity index (χ3n) is 3.21. The Morgan fingerprint density at radius 2 is 2.15 bits per heavy atom. The van der Waals surface area contributed by atoms with Crippen LogP contribution in [0.4, 0.5) is 0 Å². The Morgan fingerprint density at radius 1 is 1.50 bits per heavy atom. The second-order valence-electron chi connectivity index (χ2n) is 4.52. The van der Waals surface area contributed by atoms with E-state index in [4.69, 9.17) is 5.73 Å². The number of amides is 1. The van der Waals surface area contributed by atoms with Crippen molar-refractivity contribution < 1.29 is 9.90 Å². The fraction of sp³-hybridized carbons (Fsp3) is 0.692. The van der Waals surface area contributed by atoms with Crippen molar-refractivity contribution in [1.82, 2.24) is 10.3 Å². The molecule has 4 N–H and O–H groups in total. The summed E-state index contributed by atoms with van der Waals surface area (Å²) in [6.45, 7) is 4.88. The van der Waals surface area contributed by atoms with Crippen molar-refractivity contribution in [3.05, 3.63) is 16.1 Å². The SMILES string of the molecule is CCC(CC)C(O)CNC(=O)c1csc(CCN)n1.Cl. The molecule has 20 heavy (non-hydrogen) atoms. The molecule has 1 heterocycles. The molecule has 0 spiro atoms. The van der Waals surface area contributed by atoms with E-state index >= 15 is 0 Å². The summed E-state index contributed by atoms with van der Waals surface area (Å²) in [5, 5.41) is 15.3. The minimum absolute atomic E-state index is 0. The normalized spacial score (nSPS) is 12.1. The van der Waals surface area contributed by atoms with Gasteiger partial charge < -0.3 is 16.2 Å². The molecule has 0 bridgehead atoms. The first-order chi connectivity index (χ1) is 9.12. The van der Waals surface area contributed by atoms with Gasteiger partial charge in [-0.15, -0.1) is 23.7 Å². The van der Waals surface area contributed by atoms with E-state index in [0.29, 0.717) is 18.7 Å². The van der Waals surface area contributed by atoms with Gasteiger partial charge in [0.05, 0.1) is 11.1 Å². The quantitative estimate of drug-likeness (QED) is 0.678. The molecule has 0 aromatic carbocycles. The highest BCUT2D eigenvalue weighted by atomic mass is 35.5. The summed E-state index contributed by atoms with van der Waals surface area (Å²) < 4.78 is 0. The van der Waals surface area contributed by atoms with Gasteiger partial charge >= 0.3 is 0 Å². The Bertz CT molecular complexity index is 397. The molecular formula is C13H24ClN3O2S. The summed E-state index contributed by atoms with van der Waals surface area (Å²) >= 11 is 1.44. The molecule has 0 saturated heterocycles. The topological polar surface area (TPSA) is 88.2 Å². The van der Waals surface area contributed by atoms with Crippen molar-refractivity contribution >= 4 is 29.7 Å².